The third kappa shape index (κ3) is 3.63. The Morgan fingerprint density at radius 3 is 2.33 bits per heavy atom. The van der Waals surface area contributed by atoms with Gasteiger partial charge in [-0.2, -0.15) is 0 Å². The van der Waals surface area contributed by atoms with Crippen molar-refractivity contribution in [1.82, 2.24) is 5.32 Å². The maximum absolute atomic E-state index is 11.8. The van der Waals surface area contributed by atoms with Gasteiger partial charge in [-0.3, -0.25) is 4.79 Å². The van der Waals surface area contributed by atoms with Gasteiger partial charge in [0.15, 0.2) is 0 Å². The predicted molar refractivity (Wildman–Crippen MR) is 87.8 cm³/mol. The second-order valence-corrected chi connectivity index (χ2v) is 5.41. The lowest BCUT2D eigenvalue weighted by Gasteiger charge is -2.13. The molecule has 21 heavy (non-hydrogen) atoms. The SMILES string of the molecule is CNC(=O)c1cccc(NCc2cc(C)cc(C)c2)c1C. The topological polar surface area (TPSA) is 41.1 Å². The van der Waals surface area contributed by atoms with E-state index >= 15 is 0 Å². The highest BCUT2D eigenvalue weighted by molar-refractivity contribution is 5.96. The van der Waals surface area contributed by atoms with Crippen LogP contribution in [0.5, 0.6) is 0 Å². The van der Waals surface area contributed by atoms with Crippen LogP contribution >= 0.6 is 0 Å². The summed E-state index contributed by atoms with van der Waals surface area (Å²) in [6.07, 6.45) is 0. The number of aryl methyl sites for hydroxylation is 2. The molecule has 0 radical (unpaired) electrons. The minimum absolute atomic E-state index is 0.0532. The smallest absolute Gasteiger partial charge is 0.251 e. The molecule has 0 spiro atoms. The summed E-state index contributed by atoms with van der Waals surface area (Å²) in [6, 6.07) is 12.3. The van der Waals surface area contributed by atoms with Crippen molar-refractivity contribution in [3.63, 3.8) is 0 Å². The van der Waals surface area contributed by atoms with E-state index in [0.717, 1.165) is 17.8 Å². The zero-order valence-electron chi connectivity index (χ0n) is 13.1. The molecule has 0 aliphatic heterocycles. The fraction of sp³-hybridized carbons (Fsp3) is 0.278. The summed E-state index contributed by atoms with van der Waals surface area (Å²) >= 11 is 0. The first kappa shape index (κ1) is 15.1. The van der Waals surface area contributed by atoms with E-state index in [1.807, 2.05) is 25.1 Å². The molecule has 2 rings (SSSR count). The Morgan fingerprint density at radius 2 is 1.71 bits per heavy atom. The lowest BCUT2D eigenvalue weighted by atomic mass is 10.0. The third-order valence-electron chi connectivity index (χ3n) is 3.57. The Balaban J connectivity index is 2.18. The average Bonchev–Trinajstić information content (AvgIpc) is 2.44. The van der Waals surface area contributed by atoms with Crippen molar-refractivity contribution in [2.45, 2.75) is 27.3 Å². The molecule has 0 aromatic heterocycles. The van der Waals surface area contributed by atoms with E-state index in [-0.39, 0.29) is 5.91 Å². The average molecular weight is 282 g/mol. The van der Waals surface area contributed by atoms with Crippen LogP contribution in [0.1, 0.15) is 32.6 Å². The Kier molecular flexibility index (Phi) is 4.63. The fourth-order valence-corrected chi connectivity index (χ4v) is 2.58. The number of nitrogens with one attached hydrogen (secondary N) is 2. The van der Waals surface area contributed by atoms with Crippen LogP contribution in [0.2, 0.25) is 0 Å². The number of benzene rings is 2. The summed E-state index contributed by atoms with van der Waals surface area (Å²) in [7, 11) is 1.65. The summed E-state index contributed by atoms with van der Waals surface area (Å²) in [6.45, 7) is 6.93. The highest BCUT2D eigenvalue weighted by Gasteiger charge is 2.09. The lowest BCUT2D eigenvalue weighted by molar-refractivity contribution is 0.0962. The molecule has 1 amide bonds. The van der Waals surface area contributed by atoms with Crippen LogP contribution in [0, 0.1) is 20.8 Å². The summed E-state index contributed by atoms with van der Waals surface area (Å²) in [5.41, 5.74) is 6.46. The molecule has 0 atom stereocenters. The zero-order chi connectivity index (χ0) is 15.4. The third-order valence-corrected chi connectivity index (χ3v) is 3.57. The molecule has 3 heteroatoms. The van der Waals surface area contributed by atoms with Gasteiger partial charge in [-0.05, 0) is 44.0 Å². The van der Waals surface area contributed by atoms with Crippen LogP contribution in [0.4, 0.5) is 5.69 Å². The molecule has 0 aliphatic carbocycles. The van der Waals surface area contributed by atoms with Gasteiger partial charge in [-0.15, -0.1) is 0 Å². The van der Waals surface area contributed by atoms with Crippen molar-refractivity contribution >= 4 is 11.6 Å². The Hall–Kier alpha value is -2.29. The van der Waals surface area contributed by atoms with E-state index in [0.29, 0.717) is 5.56 Å². The van der Waals surface area contributed by atoms with Gasteiger partial charge < -0.3 is 10.6 Å². The lowest BCUT2D eigenvalue weighted by Crippen LogP contribution is -2.19. The minimum atomic E-state index is -0.0532. The van der Waals surface area contributed by atoms with Crippen molar-refractivity contribution in [1.29, 1.82) is 0 Å². The van der Waals surface area contributed by atoms with Gasteiger partial charge in [-0.1, -0.05) is 35.4 Å². The number of carbonyl (C=O) groups excluding carboxylic acids is 1. The zero-order valence-corrected chi connectivity index (χ0v) is 13.1. The summed E-state index contributed by atoms with van der Waals surface area (Å²) in [4.78, 5) is 11.8. The van der Waals surface area contributed by atoms with Gasteiger partial charge in [0, 0.05) is 24.8 Å². The minimum Gasteiger partial charge on any atom is -0.381 e. The fourth-order valence-electron chi connectivity index (χ4n) is 2.58. The molecule has 2 aromatic rings. The molecule has 0 heterocycles. The van der Waals surface area contributed by atoms with Crippen molar-refractivity contribution < 1.29 is 4.79 Å². The van der Waals surface area contributed by atoms with Gasteiger partial charge >= 0.3 is 0 Å². The monoisotopic (exact) mass is 282 g/mol. The van der Waals surface area contributed by atoms with E-state index < -0.39 is 0 Å². The van der Waals surface area contributed by atoms with E-state index in [9.17, 15) is 4.79 Å². The van der Waals surface area contributed by atoms with Crippen LogP contribution in [-0.4, -0.2) is 13.0 Å². The summed E-state index contributed by atoms with van der Waals surface area (Å²) < 4.78 is 0. The Morgan fingerprint density at radius 1 is 1.05 bits per heavy atom. The largest absolute Gasteiger partial charge is 0.381 e. The van der Waals surface area contributed by atoms with E-state index in [1.54, 1.807) is 7.05 Å². The van der Waals surface area contributed by atoms with Crippen LogP contribution in [-0.2, 0) is 6.54 Å². The first-order valence-corrected chi connectivity index (χ1v) is 7.14. The van der Waals surface area contributed by atoms with Crippen LogP contribution in [0.15, 0.2) is 36.4 Å². The van der Waals surface area contributed by atoms with E-state index in [4.69, 9.17) is 0 Å². The van der Waals surface area contributed by atoms with Crippen LogP contribution in [0.25, 0.3) is 0 Å². The highest BCUT2D eigenvalue weighted by Crippen LogP contribution is 2.20. The highest BCUT2D eigenvalue weighted by atomic mass is 16.1. The second kappa shape index (κ2) is 6.44. The summed E-state index contributed by atoms with van der Waals surface area (Å²) in [5, 5.41) is 6.09. The van der Waals surface area contributed by atoms with Gasteiger partial charge in [0.2, 0.25) is 0 Å². The number of amides is 1. The van der Waals surface area contributed by atoms with Gasteiger partial charge in [0.25, 0.3) is 5.91 Å². The predicted octanol–water partition coefficient (Wildman–Crippen LogP) is 3.58. The normalized spacial score (nSPS) is 10.3. The number of rotatable bonds is 4. The first-order chi connectivity index (χ1) is 10.0. The number of hydrogen-bond acceptors (Lipinski definition) is 2. The maximum atomic E-state index is 11.8. The Bertz CT molecular complexity index is 642. The second-order valence-electron chi connectivity index (χ2n) is 5.41. The maximum Gasteiger partial charge on any atom is 0.251 e. The molecule has 0 saturated heterocycles. The van der Waals surface area contributed by atoms with Crippen LogP contribution in [0.3, 0.4) is 0 Å². The molecule has 3 nitrogen and oxygen atoms in total. The molecule has 0 aliphatic rings. The first-order valence-electron chi connectivity index (χ1n) is 7.14. The molecule has 0 saturated carbocycles. The molecule has 0 fully saturated rings. The number of hydrogen-bond donors (Lipinski definition) is 2. The van der Waals surface area contributed by atoms with Crippen molar-refractivity contribution in [2.75, 3.05) is 12.4 Å². The van der Waals surface area contributed by atoms with E-state index in [1.165, 1.54) is 16.7 Å². The van der Waals surface area contributed by atoms with E-state index in [2.05, 4.69) is 42.7 Å². The molecule has 2 N–H and O–H groups in total. The molecule has 2 aromatic carbocycles. The Labute approximate surface area is 126 Å². The summed E-state index contributed by atoms with van der Waals surface area (Å²) in [5.74, 6) is -0.0532. The van der Waals surface area contributed by atoms with Crippen LogP contribution < -0.4 is 10.6 Å². The van der Waals surface area contributed by atoms with Gasteiger partial charge in [-0.25, -0.2) is 0 Å². The molecular weight excluding hydrogens is 260 g/mol. The molecule has 0 unspecified atom stereocenters. The molecular formula is C18H22N2O. The van der Waals surface area contributed by atoms with Gasteiger partial charge in [0.05, 0.1) is 0 Å². The van der Waals surface area contributed by atoms with Crippen molar-refractivity contribution in [3.8, 4) is 0 Å². The number of carbonyl (C=O) groups is 1. The quantitative estimate of drug-likeness (QED) is 0.900. The number of anilines is 1. The molecule has 110 valence electrons. The standard InChI is InChI=1S/C18H22N2O/c1-12-8-13(2)10-15(9-12)11-20-17-7-5-6-16(14(17)3)18(21)19-4/h5-10,20H,11H2,1-4H3,(H,19,21). The van der Waals surface area contributed by atoms with Crippen molar-refractivity contribution in [2.24, 2.45) is 0 Å². The van der Waals surface area contributed by atoms with Gasteiger partial charge in [0.1, 0.15) is 0 Å². The van der Waals surface area contributed by atoms with Crippen molar-refractivity contribution in [3.05, 3.63) is 64.2 Å². The molecule has 0 bridgehead atoms.